The lowest BCUT2D eigenvalue weighted by molar-refractivity contribution is 0.397. The average molecular weight is 248 g/mol. The summed E-state index contributed by atoms with van der Waals surface area (Å²) in [6.45, 7) is 12.1. The Morgan fingerprint density at radius 2 is 1.94 bits per heavy atom. The van der Waals surface area contributed by atoms with Crippen LogP contribution in [0.5, 0.6) is 0 Å². The van der Waals surface area contributed by atoms with Crippen LogP contribution in [0.4, 0.5) is 0 Å². The molecule has 0 heterocycles. The van der Waals surface area contributed by atoms with Crippen molar-refractivity contribution in [2.45, 2.75) is 53.4 Å². The molecule has 0 radical (unpaired) electrons. The Bertz CT molecular complexity index is 328. The Kier molecular flexibility index (Phi) is 9.08. The van der Waals surface area contributed by atoms with Gasteiger partial charge in [0.25, 0.3) is 0 Å². The van der Waals surface area contributed by atoms with Crippen LogP contribution in [-0.2, 0) is 0 Å². The number of allylic oxidation sites excluding steroid dienone is 7. The fourth-order valence-corrected chi connectivity index (χ4v) is 1.93. The molecular formula is C17H28O. The van der Waals surface area contributed by atoms with Crippen molar-refractivity contribution in [2.24, 2.45) is 5.92 Å². The Hall–Kier alpha value is -1.24. The van der Waals surface area contributed by atoms with Crippen LogP contribution in [0.2, 0.25) is 0 Å². The summed E-state index contributed by atoms with van der Waals surface area (Å²) in [4.78, 5) is 0. The maximum Gasteiger partial charge on any atom is 0.0926 e. The van der Waals surface area contributed by atoms with E-state index >= 15 is 0 Å². The largest absolute Gasteiger partial charge is 0.512 e. The zero-order valence-electron chi connectivity index (χ0n) is 12.4. The van der Waals surface area contributed by atoms with E-state index in [9.17, 15) is 5.11 Å². The standard InChI is InChI=1S/C17H28O/c1-6-9-10-12-16(8-3)13-17(15(5)18)14(4)11-7-2/h8,10,12-14,18H,3,6-7,9,11H2,1-2,4-5H3/b12-10+,16-13-,17-15-. The molecule has 0 amide bonds. The van der Waals surface area contributed by atoms with E-state index in [-0.39, 0.29) is 0 Å². The van der Waals surface area contributed by atoms with Gasteiger partial charge in [-0.15, -0.1) is 0 Å². The van der Waals surface area contributed by atoms with Gasteiger partial charge in [-0.05, 0) is 42.9 Å². The van der Waals surface area contributed by atoms with Gasteiger partial charge < -0.3 is 5.11 Å². The molecule has 0 fully saturated rings. The van der Waals surface area contributed by atoms with Gasteiger partial charge in [-0.25, -0.2) is 0 Å². The van der Waals surface area contributed by atoms with Crippen molar-refractivity contribution in [1.29, 1.82) is 0 Å². The second-order valence-electron chi connectivity index (χ2n) is 4.77. The van der Waals surface area contributed by atoms with Gasteiger partial charge >= 0.3 is 0 Å². The average Bonchev–Trinajstić information content (AvgIpc) is 2.33. The van der Waals surface area contributed by atoms with Crippen LogP contribution in [0.3, 0.4) is 0 Å². The van der Waals surface area contributed by atoms with Crippen molar-refractivity contribution in [3.05, 3.63) is 47.8 Å². The predicted molar refractivity (Wildman–Crippen MR) is 81.7 cm³/mol. The molecule has 0 spiro atoms. The van der Waals surface area contributed by atoms with Crippen LogP contribution in [0, 0.1) is 5.92 Å². The lowest BCUT2D eigenvalue weighted by atomic mass is 9.93. The van der Waals surface area contributed by atoms with Crippen molar-refractivity contribution >= 4 is 0 Å². The normalized spacial score (nSPS) is 15.7. The van der Waals surface area contributed by atoms with Gasteiger partial charge in [0, 0.05) is 0 Å². The molecule has 1 unspecified atom stereocenters. The molecule has 0 bridgehead atoms. The van der Waals surface area contributed by atoms with E-state index in [2.05, 4.69) is 45.6 Å². The lowest BCUT2D eigenvalue weighted by Crippen LogP contribution is -2.00. The lowest BCUT2D eigenvalue weighted by Gasteiger charge is -2.13. The maximum atomic E-state index is 9.80. The molecule has 0 aliphatic rings. The zero-order valence-corrected chi connectivity index (χ0v) is 12.4. The molecule has 1 nitrogen and oxygen atoms in total. The fraction of sp³-hybridized carbons (Fsp3) is 0.529. The molecule has 18 heavy (non-hydrogen) atoms. The number of hydrogen-bond acceptors (Lipinski definition) is 1. The summed E-state index contributed by atoms with van der Waals surface area (Å²) in [7, 11) is 0. The number of aliphatic hydroxyl groups is 1. The Labute approximate surface area is 113 Å². The van der Waals surface area contributed by atoms with E-state index < -0.39 is 0 Å². The van der Waals surface area contributed by atoms with Crippen LogP contribution < -0.4 is 0 Å². The third-order valence-electron chi connectivity index (χ3n) is 2.99. The van der Waals surface area contributed by atoms with Gasteiger partial charge in [0.2, 0.25) is 0 Å². The van der Waals surface area contributed by atoms with Crippen molar-refractivity contribution < 1.29 is 5.11 Å². The summed E-state index contributed by atoms with van der Waals surface area (Å²) in [5.41, 5.74) is 2.09. The minimum atomic E-state index is 0.384. The molecule has 0 aromatic rings. The van der Waals surface area contributed by atoms with Gasteiger partial charge in [0.15, 0.2) is 0 Å². The molecule has 1 N–H and O–H groups in total. The SMILES string of the molecule is C=CC(=C/C(=C(\C)O)C(C)CCC)/C=C/CCC. The van der Waals surface area contributed by atoms with Gasteiger partial charge in [-0.1, -0.05) is 58.4 Å². The molecule has 1 atom stereocenters. The summed E-state index contributed by atoms with van der Waals surface area (Å²) in [6, 6.07) is 0. The van der Waals surface area contributed by atoms with Gasteiger partial charge in [-0.2, -0.15) is 0 Å². The topological polar surface area (TPSA) is 20.2 Å². The van der Waals surface area contributed by atoms with Crippen LogP contribution in [0.1, 0.15) is 53.4 Å². The first-order valence-electron chi connectivity index (χ1n) is 6.97. The van der Waals surface area contributed by atoms with Gasteiger partial charge in [-0.3, -0.25) is 0 Å². The van der Waals surface area contributed by atoms with E-state index in [4.69, 9.17) is 0 Å². The number of hydrogen-bond donors (Lipinski definition) is 1. The van der Waals surface area contributed by atoms with Crippen LogP contribution in [0.25, 0.3) is 0 Å². The van der Waals surface area contributed by atoms with Crippen molar-refractivity contribution in [3.63, 3.8) is 0 Å². The first-order valence-corrected chi connectivity index (χ1v) is 6.97. The first kappa shape index (κ1) is 16.8. The molecule has 0 saturated carbocycles. The minimum Gasteiger partial charge on any atom is -0.512 e. The molecule has 0 aliphatic carbocycles. The highest BCUT2D eigenvalue weighted by Gasteiger charge is 2.09. The monoisotopic (exact) mass is 248 g/mol. The highest BCUT2D eigenvalue weighted by atomic mass is 16.3. The summed E-state index contributed by atoms with van der Waals surface area (Å²) in [6.07, 6.45) is 12.6. The number of unbranched alkanes of at least 4 members (excludes halogenated alkanes) is 1. The van der Waals surface area contributed by atoms with Crippen LogP contribution in [-0.4, -0.2) is 5.11 Å². The summed E-state index contributed by atoms with van der Waals surface area (Å²) >= 11 is 0. The van der Waals surface area contributed by atoms with E-state index in [0.717, 1.165) is 36.8 Å². The summed E-state index contributed by atoms with van der Waals surface area (Å²) in [5.74, 6) is 0.800. The summed E-state index contributed by atoms with van der Waals surface area (Å²) in [5, 5.41) is 9.80. The predicted octanol–water partition coefficient (Wildman–Crippen LogP) is 5.72. The Balaban J connectivity index is 5.03. The quantitative estimate of drug-likeness (QED) is 0.430. The second-order valence-corrected chi connectivity index (χ2v) is 4.77. The molecule has 102 valence electrons. The molecule has 1 heteroatoms. The third-order valence-corrected chi connectivity index (χ3v) is 2.99. The van der Waals surface area contributed by atoms with E-state index in [1.54, 1.807) is 6.92 Å². The Morgan fingerprint density at radius 1 is 1.28 bits per heavy atom. The van der Waals surface area contributed by atoms with E-state index in [0.29, 0.717) is 11.7 Å². The smallest absolute Gasteiger partial charge is 0.0926 e. The fourth-order valence-electron chi connectivity index (χ4n) is 1.93. The molecule has 0 aromatic carbocycles. The van der Waals surface area contributed by atoms with E-state index in [1.165, 1.54) is 0 Å². The highest BCUT2D eigenvalue weighted by molar-refractivity contribution is 5.38. The van der Waals surface area contributed by atoms with E-state index in [1.807, 2.05) is 6.08 Å². The molecule has 0 aromatic heterocycles. The second kappa shape index (κ2) is 9.76. The zero-order chi connectivity index (χ0) is 14.0. The van der Waals surface area contributed by atoms with Crippen molar-refractivity contribution in [3.8, 4) is 0 Å². The van der Waals surface area contributed by atoms with Gasteiger partial charge in [0.1, 0.15) is 0 Å². The van der Waals surface area contributed by atoms with Crippen molar-refractivity contribution in [1.82, 2.24) is 0 Å². The van der Waals surface area contributed by atoms with Crippen LogP contribution >= 0.6 is 0 Å². The molecule has 0 aliphatic heterocycles. The third kappa shape index (κ3) is 6.48. The minimum absolute atomic E-state index is 0.384. The van der Waals surface area contributed by atoms with Crippen LogP contribution in [0.15, 0.2) is 47.8 Å². The number of rotatable bonds is 8. The number of aliphatic hydroxyl groups excluding tert-OH is 1. The Morgan fingerprint density at radius 3 is 2.39 bits per heavy atom. The van der Waals surface area contributed by atoms with Gasteiger partial charge in [0.05, 0.1) is 5.76 Å². The first-order chi connectivity index (χ1) is 8.56. The molecular weight excluding hydrogens is 220 g/mol. The van der Waals surface area contributed by atoms with Crippen molar-refractivity contribution in [2.75, 3.05) is 0 Å². The molecule has 0 rings (SSSR count). The molecule has 0 saturated heterocycles. The highest BCUT2D eigenvalue weighted by Crippen LogP contribution is 2.22. The maximum absolute atomic E-state index is 9.80. The summed E-state index contributed by atoms with van der Waals surface area (Å²) < 4.78 is 0.